The van der Waals surface area contributed by atoms with Gasteiger partial charge in [0, 0.05) is 18.0 Å². The summed E-state index contributed by atoms with van der Waals surface area (Å²) in [7, 11) is 1.57. The van der Waals surface area contributed by atoms with Crippen molar-refractivity contribution in [3.63, 3.8) is 0 Å². The second-order valence-corrected chi connectivity index (χ2v) is 5.63. The Kier molecular flexibility index (Phi) is 5.76. The van der Waals surface area contributed by atoms with E-state index in [1.165, 1.54) is 0 Å². The highest BCUT2D eigenvalue weighted by Crippen LogP contribution is 2.31. The standard InChI is InChI=1S/C16H23NO4/c1-11(9-10-14(18)19)17-15(20)16(2,3)12-7-5-6-8-13(12)21-4/h5-8,11H,9-10H2,1-4H3,(H,17,20)(H,18,19). The monoisotopic (exact) mass is 293 g/mol. The number of carbonyl (C=O) groups excluding carboxylic acids is 1. The van der Waals surface area contributed by atoms with Gasteiger partial charge in [-0.2, -0.15) is 0 Å². The van der Waals surface area contributed by atoms with Crippen LogP contribution in [0.5, 0.6) is 5.75 Å². The van der Waals surface area contributed by atoms with Gasteiger partial charge in [-0.05, 0) is 33.3 Å². The first-order valence-corrected chi connectivity index (χ1v) is 6.95. The summed E-state index contributed by atoms with van der Waals surface area (Å²) in [5.41, 5.74) is 0.0415. The molecular weight excluding hydrogens is 270 g/mol. The van der Waals surface area contributed by atoms with Crippen LogP contribution in [0.4, 0.5) is 0 Å². The van der Waals surface area contributed by atoms with E-state index in [1.807, 2.05) is 38.1 Å². The highest BCUT2D eigenvalue weighted by molar-refractivity contribution is 5.88. The summed E-state index contributed by atoms with van der Waals surface area (Å²) in [6, 6.07) is 7.20. The number of para-hydroxylation sites is 1. The number of methoxy groups -OCH3 is 1. The van der Waals surface area contributed by atoms with Crippen LogP contribution in [-0.2, 0) is 15.0 Å². The van der Waals surface area contributed by atoms with Crippen molar-refractivity contribution in [3.8, 4) is 5.75 Å². The number of rotatable bonds is 7. The minimum Gasteiger partial charge on any atom is -0.496 e. The van der Waals surface area contributed by atoms with E-state index >= 15 is 0 Å². The lowest BCUT2D eigenvalue weighted by Crippen LogP contribution is -2.44. The molecule has 1 aromatic rings. The summed E-state index contributed by atoms with van der Waals surface area (Å²) in [5, 5.41) is 11.5. The lowest BCUT2D eigenvalue weighted by Gasteiger charge is -2.27. The van der Waals surface area contributed by atoms with E-state index in [9.17, 15) is 9.59 Å². The van der Waals surface area contributed by atoms with Crippen LogP contribution in [0.2, 0.25) is 0 Å². The molecule has 0 aliphatic carbocycles. The number of nitrogens with one attached hydrogen (secondary N) is 1. The van der Waals surface area contributed by atoms with Crippen LogP contribution in [-0.4, -0.2) is 30.1 Å². The first-order valence-electron chi connectivity index (χ1n) is 6.95. The summed E-state index contributed by atoms with van der Waals surface area (Å²) in [4.78, 5) is 23.0. The van der Waals surface area contributed by atoms with Gasteiger partial charge in [-0.25, -0.2) is 0 Å². The van der Waals surface area contributed by atoms with E-state index in [-0.39, 0.29) is 18.4 Å². The van der Waals surface area contributed by atoms with Crippen LogP contribution in [0.15, 0.2) is 24.3 Å². The number of amides is 1. The summed E-state index contributed by atoms with van der Waals surface area (Å²) in [6.07, 6.45) is 0.444. The second kappa shape index (κ2) is 7.11. The van der Waals surface area contributed by atoms with Gasteiger partial charge in [0.15, 0.2) is 0 Å². The van der Waals surface area contributed by atoms with E-state index in [1.54, 1.807) is 14.0 Å². The minimum absolute atomic E-state index is 0.0382. The van der Waals surface area contributed by atoms with Gasteiger partial charge < -0.3 is 15.2 Å². The number of carbonyl (C=O) groups is 2. The molecule has 0 saturated carbocycles. The zero-order valence-electron chi connectivity index (χ0n) is 13.0. The molecule has 0 aliphatic heterocycles. The van der Waals surface area contributed by atoms with E-state index in [0.717, 1.165) is 5.56 Å². The third-order valence-corrected chi connectivity index (χ3v) is 3.52. The first kappa shape index (κ1) is 17.0. The van der Waals surface area contributed by atoms with Crippen molar-refractivity contribution in [1.82, 2.24) is 5.32 Å². The Morgan fingerprint density at radius 2 is 1.95 bits per heavy atom. The third kappa shape index (κ3) is 4.48. The number of benzene rings is 1. The number of carboxylic acids is 1. The summed E-state index contributed by atoms with van der Waals surface area (Å²) in [5.74, 6) is -0.346. The van der Waals surface area contributed by atoms with Crippen molar-refractivity contribution in [3.05, 3.63) is 29.8 Å². The lowest BCUT2D eigenvalue weighted by atomic mass is 9.82. The fraction of sp³-hybridized carbons (Fsp3) is 0.500. The van der Waals surface area contributed by atoms with Crippen molar-refractivity contribution < 1.29 is 19.4 Å². The molecule has 0 radical (unpaired) electrons. The van der Waals surface area contributed by atoms with E-state index in [0.29, 0.717) is 12.2 Å². The van der Waals surface area contributed by atoms with Crippen LogP contribution >= 0.6 is 0 Å². The molecule has 1 rings (SSSR count). The SMILES string of the molecule is COc1ccccc1C(C)(C)C(=O)NC(C)CCC(=O)O. The van der Waals surface area contributed by atoms with E-state index < -0.39 is 11.4 Å². The minimum atomic E-state index is -0.861. The molecule has 0 spiro atoms. The molecule has 5 heteroatoms. The topological polar surface area (TPSA) is 75.6 Å². The third-order valence-electron chi connectivity index (χ3n) is 3.52. The average molecular weight is 293 g/mol. The maximum Gasteiger partial charge on any atom is 0.303 e. The summed E-state index contributed by atoms with van der Waals surface area (Å²) >= 11 is 0. The highest BCUT2D eigenvalue weighted by atomic mass is 16.5. The zero-order valence-corrected chi connectivity index (χ0v) is 13.0. The fourth-order valence-electron chi connectivity index (χ4n) is 2.10. The normalized spacial score (nSPS) is 12.6. The Hall–Kier alpha value is -2.04. The van der Waals surface area contributed by atoms with Crippen LogP contribution in [0.25, 0.3) is 0 Å². The molecule has 0 bridgehead atoms. The molecule has 0 saturated heterocycles. The molecule has 21 heavy (non-hydrogen) atoms. The molecule has 1 aromatic carbocycles. The smallest absolute Gasteiger partial charge is 0.303 e. The Balaban J connectivity index is 2.81. The van der Waals surface area contributed by atoms with Gasteiger partial charge in [-0.15, -0.1) is 0 Å². The van der Waals surface area contributed by atoms with Gasteiger partial charge in [0.2, 0.25) is 5.91 Å². The van der Waals surface area contributed by atoms with Crippen molar-refractivity contribution in [2.75, 3.05) is 7.11 Å². The Bertz CT molecular complexity index is 511. The Labute approximate surface area is 125 Å². The molecule has 1 atom stereocenters. The van der Waals surface area contributed by atoms with E-state index in [2.05, 4.69) is 5.32 Å². The molecule has 0 heterocycles. The van der Waals surface area contributed by atoms with Crippen molar-refractivity contribution in [2.24, 2.45) is 0 Å². The highest BCUT2D eigenvalue weighted by Gasteiger charge is 2.33. The van der Waals surface area contributed by atoms with E-state index in [4.69, 9.17) is 9.84 Å². The molecule has 5 nitrogen and oxygen atoms in total. The van der Waals surface area contributed by atoms with Crippen LogP contribution < -0.4 is 10.1 Å². The summed E-state index contributed by atoms with van der Waals surface area (Å²) < 4.78 is 5.31. The van der Waals surface area contributed by atoms with Gasteiger partial charge >= 0.3 is 5.97 Å². The van der Waals surface area contributed by atoms with Crippen molar-refractivity contribution >= 4 is 11.9 Å². The Morgan fingerprint density at radius 3 is 2.52 bits per heavy atom. The predicted octanol–water partition coefficient (Wildman–Crippen LogP) is 2.34. The molecular formula is C16H23NO4. The second-order valence-electron chi connectivity index (χ2n) is 5.63. The number of aliphatic carboxylic acids is 1. The zero-order chi connectivity index (χ0) is 16.0. The predicted molar refractivity (Wildman–Crippen MR) is 80.5 cm³/mol. The van der Waals surface area contributed by atoms with Gasteiger partial charge in [0.25, 0.3) is 0 Å². The number of hydrogen-bond acceptors (Lipinski definition) is 3. The van der Waals surface area contributed by atoms with Crippen molar-refractivity contribution in [1.29, 1.82) is 0 Å². The molecule has 116 valence electrons. The largest absolute Gasteiger partial charge is 0.496 e. The maximum atomic E-state index is 12.5. The van der Waals surface area contributed by atoms with Gasteiger partial charge in [0.1, 0.15) is 5.75 Å². The quantitative estimate of drug-likeness (QED) is 0.809. The molecule has 0 aromatic heterocycles. The Morgan fingerprint density at radius 1 is 1.33 bits per heavy atom. The average Bonchev–Trinajstić information content (AvgIpc) is 2.44. The fourth-order valence-corrected chi connectivity index (χ4v) is 2.10. The summed E-state index contributed by atoms with van der Waals surface area (Å²) in [6.45, 7) is 5.45. The number of ether oxygens (including phenoxy) is 1. The van der Waals surface area contributed by atoms with Gasteiger partial charge in [0.05, 0.1) is 12.5 Å². The first-order chi connectivity index (χ1) is 9.78. The lowest BCUT2D eigenvalue weighted by molar-refractivity contribution is -0.137. The molecule has 2 N–H and O–H groups in total. The van der Waals surface area contributed by atoms with Crippen molar-refractivity contribution in [2.45, 2.75) is 45.1 Å². The molecule has 1 amide bonds. The van der Waals surface area contributed by atoms with Gasteiger partial charge in [-0.1, -0.05) is 18.2 Å². The van der Waals surface area contributed by atoms with Crippen LogP contribution in [0.1, 0.15) is 39.2 Å². The molecule has 0 aliphatic rings. The number of carboxylic acid groups (broad SMARTS) is 1. The maximum absolute atomic E-state index is 12.5. The van der Waals surface area contributed by atoms with Crippen LogP contribution in [0.3, 0.4) is 0 Å². The van der Waals surface area contributed by atoms with Gasteiger partial charge in [-0.3, -0.25) is 9.59 Å². The number of hydrogen-bond donors (Lipinski definition) is 2. The molecule has 1 unspecified atom stereocenters. The van der Waals surface area contributed by atoms with Crippen LogP contribution in [0, 0.1) is 0 Å². The molecule has 0 fully saturated rings.